The van der Waals surface area contributed by atoms with Crippen LogP contribution in [0.4, 0.5) is 5.69 Å². The molecule has 0 bridgehead atoms. The van der Waals surface area contributed by atoms with Crippen molar-refractivity contribution in [3.8, 4) is 0 Å². The molecule has 0 radical (unpaired) electrons. The van der Waals surface area contributed by atoms with E-state index < -0.39 is 10.8 Å². The first-order chi connectivity index (χ1) is 10.5. The van der Waals surface area contributed by atoms with E-state index in [4.69, 9.17) is 11.6 Å². The number of nitro groups is 1. The molecule has 1 atom stereocenters. The number of halogens is 1. The number of amides is 1. The van der Waals surface area contributed by atoms with E-state index in [0.717, 1.165) is 0 Å². The lowest BCUT2D eigenvalue weighted by atomic mass is 9.78. The maximum Gasteiger partial charge on any atom is 0.288 e. The number of nitrogens with one attached hydrogen (secondary N) is 1. The summed E-state index contributed by atoms with van der Waals surface area (Å²) in [6, 6.07) is 4.44. The number of benzene rings is 1. The minimum Gasteiger partial charge on any atom is -0.329 e. The average molecular weight is 321 g/mol. The van der Waals surface area contributed by atoms with E-state index >= 15 is 0 Å². The number of Topliss-reactive ketones (excluding diaryl/α,β-unsaturated/α-hetero) is 1. The van der Waals surface area contributed by atoms with Gasteiger partial charge in [0.15, 0.2) is 5.78 Å². The molecule has 2 aliphatic rings. The van der Waals surface area contributed by atoms with Gasteiger partial charge in [-0.3, -0.25) is 19.7 Å². The zero-order valence-electron chi connectivity index (χ0n) is 11.6. The molecule has 1 heterocycles. The normalized spacial score (nSPS) is 21.4. The number of allylic oxidation sites excluding steroid dienone is 2. The number of hydrogen-bond acceptors (Lipinski definition) is 4. The summed E-state index contributed by atoms with van der Waals surface area (Å²) in [6.07, 6.45) is 1.93. The predicted molar refractivity (Wildman–Crippen MR) is 79.5 cm³/mol. The molecule has 0 spiro atoms. The fourth-order valence-corrected chi connectivity index (χ4v) is 3.26. The summed E-state index contributed by atoms with van der Waals surface area (Å²) in [5.41, 5.74) is 1.61. The first-order valence-electron chi connectivity index (χ1n) is 6.97. The van der Waals surface area contributed by atoms with E-state index in [1.54, 1.807) is 6.07 Å². The van der Waals surface area contributed by atoms with Crippen molar-refractivity contribution >= 4 is 29.0 Å². The van der Waals surface area contributed by atoms with Gasteiger partial charge in [-0.05, 0) is 24.5 Å². The van der Waals surface area contributed by atoms with Gasteiger partial charge in [0.1, 0.15) is 5.02 Å². The Morgan fingerprint density at radius 1 is 1.27 bits per heavy atom. The number of hydrogen-bond donors (Lipinski definition) is 1. The van der Waals surface area contributed by atoms with Crippen molar-refractivity contribution in [3.05, 3.63) is 50.2 Å². The number of nitro benzene ring substituents is 1. The molecule has 7 heteroatoms. The van der Waals surface area contributed by atoms with Crippen molar-refractivity contribution in [1.82, 2.24) is 5.32 Å². The standard InChI is InChI=1S/C15H13ClN2O4/c16-10-5-4-8(6-12(10)18(21)22)9-7-14(20)17-11-2-1-3-13(19)15(9)11/h4-6,9H,1-3,7H2,(H,17,20)/t9-/m1/s1. The highest BCUT2D eigenvalue weighted by atomic mass is 35.5. The molecule has 22 heavy (non-hydrogen) atoms. The zero-order valence-corrected chi connectivity index (χ0v) is 12.4. The summed E-state index contributed by atoms with van der Waals surface area (Å²) in [6.45, 7) is 0. The van der Waals surface area contributed by atoms with Crippen molar-refractivity contribution in [2.24, 2.45) is 0 Å². The van der Waals surface area contributed by atoms with Gasteiger partial charge in [-0.25, -0.2) is 0 Å². The Hall–Kier alpha value is -2.21. The van der Waals surface area contributed by atoms with Crippen LogP contribution in [0.3, 0.4) is 0 Å². The Bertz CT molecular complexity index is 726. The molecule has 1 aliphatic carbocycles. The lowest BCUT2D eigenvalue weighted by molar-refractivity contribution is -0.384. The second-order valence-electron chi connectivity index (χ2n) is 5.44. The Morgan fingerprint density at radius 3 is 2.77 bits per heavy atom. The van der Waals surface area contributed by atoms with Crippen molar-refractivity contribution in [2.75, 3.05) is 0 Å². The highest BCUT2D eigenvalue weighted by molar-refractivity contribution is 6.32. The summed E-state index contributed by atoms with van der Waals surface area (Å²) in [5, 5.41) is 13.8. The second-order valence-corrected chi connectivity index (χ2v) is 5.85. The van der Waals surface area contributed by atoms with Crippen LogP contribution >= 0.6 is 11.6 Å². The summed E-state index contributed by atoms with van der Waals surface area (Å²) in [4.78, 5) is 34.6. The van der Waals surface area contributed by atoms with Crippen LogP contribution in [-0.4, -0.2) is 16.6 Å². The van der Waals surface area contributed by atoms with Crippen LogP contribution in [0.1, 0.15) is 37.2 Å². The Morgan fingerprint density at radius 2 is 2.05 bits per heavy atom. The number of carbonyl (C=O) groups is 2. The van der Waals surface area contributed by atoms with Crippen LogP contribution in [-0.2, 0) is 9.59 Å². The third-order valence-electron chi connectivity index (χ3n) is 4.05. The van der Waals surface area contributed by atoms with Gasteiger partial charge >= 0.3 is 0 Å². The molecule has 0 saturated carbocycles. The van der Waals surface area contributed by atoms with Gasteiger partial charge in [-0.15, -0.1) is 0 Å². The van der Waals surface area contributed by atoms with Crippen molar-refractivity contribution in [1.29, 1.82) is 0 Å². The van der Waals surface area contributed by atoms with Crippen LogP contribution in [0.5, 0.6) is 0 Å². The molecule has 1 aliphatic heterocycles. The average Bonchev–Trinajstić information content (AvgIpc) is 2.46. The lowest BCUT2D eigenvalue weighted by Crippen LogP contribution is -2.36. The Balaban J connectivity index is 2.10. The SMILES string of the molecule is O=C1C[C@H](c2ccc(Cl)c([N+](=O)[O-])c2)C2=C(CCCC2=O)N1. The molecule has 1 aromatic carbocycles. The third kappa shape index (κ3) is 2.50. The van der Waals surface area contributed by atoms with Crippen LogP contribution in [0.2, 0.25) is 5.02 Å². The van der Waals surface area contributed by atoms with Crippen LogP contribution in [0, 0.1) is 10.1 Å². The molecule has 1 amide bonds. The molecule has 0 saturated heterocycles. The fourth-order valence-electron chi connectivity index (χ4n) is 3.08. The van der Waals surface area contributed by atoms with Gasteiger partial charge in [0.2, 0.25) is 5.91 Å². The van der Waals surface area contributed by atoms with Gasteiger partial charge < -0.3 is 5.32 Å². The monoisotopic (exact) mass is 320 g/mol. The van der Waals surface area contributed by atoms with Crippen molar-refractivity contribution in [2.45, 2.75) is 31.6 Å². The summed E-state index contributed by atoms with van der Waals surface area (Å²) >= 11 is 5.82. The summed E-state index contributed by atoms with van der Waals surface area (Å²) in [7, 11) is 0. The van der Waals surface area contributed by atoms with Gasteiger partial charge in [0, 0.05) is 36.1 Å². The molecule has 1 N–H and O–H groups in total. The maximum absolute atomic E-state index is 12.2. The third-order valence-corrected chi connectivity index (χ3v) is 4.37. The van der Waals surface area contributed by atoms with E-state index in [1.165, 1.54) is 12.1 Å². The largest absolute Gasteiger partial charge is 0.329 e. The minimum atomic E-state index is -0.563. The molecule has 0 unspecified atom stereocenters. The molecular weight excluding hydrogens is 308 g/mol. The van der Waals surface area contributed by atoms with Gasteiger partial charge in [0.05, 0.1) is 4.92 Å². The van der Waals surface area contributed by atoms with E-state index in [0.29, 0.717) is 36.1 Å². The van der Waals surface area contributed by atoms with Gasteiger partial charge in [-0.2, -0.15) is 0 Å². The second kappa shape index (κ2) is 5.53. The Kier molecular flexibility index (Phi) is 3.70. The van der Waals surface area contributed by atoms with Crippen molar-refractivity contribution < 1.29 is 14.5 Å². The van der Waals surface area contributed by atoms with E-state index in [1.807, 2.05) is 0 Å². The first kappa shape index (κ1) is 14.7. The molecular formula is C15H13ClN2O4. The molecule has 0 aromatic heterocycles. The highest BCUT2D eigenvalue weighted by Crippen LogP contribution is 2.39. The molecule has 0 fully saturated rings. The number of carbonyl (C=O) groups excluding carboxylic acids is 2. The topological polar surface area (TPSA) is 89.3 Å². The number of nitrogens with zero attached hydrogens (tertiary/aromatic N) is 1. The lowest BCUT2D eigenvalue weighted by Gasteiger charge is -2.31. The molecule has 6 nitrogen and oxygen atoms in total. The van der Waals surface area contributed by atoms with E-state index in [9.17, 15) is 19.7 Å². The minimum absolute atomic E-state index is 0.00357. The smallest absolute Gasteiger partial charge is 0.288 e. The zero-order chi connectivity index (χ0) is 15.9. The van der Waals surface area contributed by atoms with E-state index in [-0.39, 0.29) is 28.8 Å². The number of rotatable bonds is 2. The molecule has 114 valence electrons. The first-order valence-corrected chi connectivity index (χ1v) is 7.35. The van der Waals surface area contributed by atoms with Crippen molar-refractivity contribution in [3.63, 3.8) is 0 Å². The fraction of sp³-hybridized carbons (Fsp3) is 0.333. The maximum atomic E-state index is 12.2. The summed E-state index contributed by atoms with van der Waals surface area (Å²) < 4.78 is 0. The summed E-state index contributed by atoms with van der Waals surface area (Å²) in [5.74, 6) is -0.604. The predicted octanol–water partition coefficient (Wildman–Crippen LogP) is 2.86. The van der Waals surface area contributed by atoms with Crippen LogP contribution < -0.4 is 5.32 Å². The molecule has 3 rings (SSSR count). The quantitative estimate of drug-likeness (QED) is 0.670. The number of ketones is 1. The van der Waals surface area contributed by atoms with Crippen LogP contribution in [0.25, 0.3) is 0 Å². The Labute approximate surface area is 131 Å². The molecule has 1 aromatic rings. The van der Waals surface area contributed by atoms with E-state index in [2.05, 4.69) is 5.32 Å². The van der Waals surface area contributed by atoms with Gasteiger partial charge in [0.25, 0.3) is 5.69 Å². The van der Waals surface area contributed by atoms with Gasteiger partial charge in [-0.1, -0.05) is 17.7 Å². The highest BCUT2D eigenvalue weighted by Gasteiger charge is 2.35. The van der Waals surface area contributed by atoms with Crippen LogP contribution in [0.15, 0.2) is 29.5 Å².